The number of rotatable bonds is 8. The molecular formula is C18H23N3O5S. The molecule has 0 saturated heterocycles. The number of benzene rings is 2. The van der Waals surface area contributed by atoms with Gasteiger partial charge < -0.3 is 20.1 Å². The number of hydrogen-bond acceptors (Lipinski definition) is 5. The van der Waals surface area contributed by atoms with E-state index in [1.54, 1.807) is 30.3 Å². The number of sulfonamides is 1. The van der Waals surface area contributed by atoms with E-state index < -0.39 is 16.1 Å². The maximum absolute atomic E-state index is 12.8. The molecule has 27 heavy (non-hydrogen) atoms. The Morgan fingerprint density at radius 3 is 2.26 bits per heavy atom. The molecule has 3 N–H and O–H groups in total. The van der Waals surface area contributed by atoms with Gasteiger partial charge in [0.15, 0.2) is 0 Å². The third-order valence-corrected chi connectivity index (χ3v) is 4.99. The largest absolute Gasteiger partial charge is 0.497 e. The summed E-state index contributed by atoms with van der Waals surface area (Å²) in [5.41, 5.74) is 0.705. The van der Waals surface area contributed by atoms with Crippen LogP contribution in [0.15, 0.2) is 47.4 Å². The van der Waals surface area contributed by atoms with Gasteiger partial charge in [0.05, 0.1) is 14.2 Å². The van der Waals surface area contributed by atoms with Crippen LogP contribution in [0.5, 0.6) is 11.5 Å². The van der Waals surface area contributed by atoms with Gasteiger partial charge in [-0.25, -0.2) is 13.2 Å². The van der Waals surface area contributed by atoms with E-state index in [9.17, 15) is 13.2 Å². The standard InChI is InChI=1S/C18H23N3O5S/c1-4-11-19-18(22)20-14-7-10-16(26-3)17(12-14)27(23,24)21-13-5-8-15(25-2)9-6-13/h5-10,12,21H,4,11H2,1-3H3,(H2,19,20,22). The molecule has 8 nitrogen and oxygen atoms in total. The number of hydrogen-bond donors (Lipinski definition) is 3. The molecule has 2 amide bonds. The number of carbonyl (C=O) groups excluding carboxylic acids is 1. The Bertz CT molecular complexity index is 882. The maximum atomic E-state index is 12.8. The molecule has 0 heterocycles. The van der Waals surface area contributed by atoms with E-state index in [0.717, 1.165) is 6.42 Å². The molecule has 0 fully saturated rings. The second kappa shape index (κ2) is 9.13. The first-order valence-corrected chi connectivity index (χ1v) is 9.77. The molecule has 146 valence electrons. The highest BCUT2D eigenvalue weighted by Gasteiger charge is 2.21. The first kappa shape index (κ1) is 20.4. The van der Waals surface area contributed by atoms with Gasteiger partial charge in [0.1, 0.15) is 16.4 Å². The van der Waals surface area contributed by atoms with E-state index in [1.165, 1.54) is 26.4 Å². The maximum Gasteiger partial charge on any atom is 0.319 e. The topological polar surface area (TPSA) is 106 Å². The molecule has 0 aromatic heterocycles. The van der Waals surface area contributed by atoms with E-state index in [0.29, 0.717) is 23.7 Å². The summed E-state index contributed by atoms with van der Waals surface area (Å²) in [6, 6.07) is 10.4. The van der Waals surface area contributed by atoms with Crippen molar-refractivity contribution >= 4 is 27.4 Å². The summed E-state index contributed by atoms with van der Waals surface area (Å²) in [5.74, 6) is 0.773. The van der Waals surface area contributed by atoms with E-state index >= 15 is 0 Å². The Morgan fingerprint density at radius 1 is 1.00 bits per heavy atom. The van der Waals surface area contributed by atoms with Gasteiger partial charge >= 0.3 is 6.03 Å². The van der Waals surface area contributed by atoms with Crippen LogP contribution in [0.3, 0.4) is 0 Å². The minimum Gasteiger partial charge on any atom is -0.497 e. The second-order valence-electron chi connectivity index (χ2n) is 5.58. The van der Waals surface area contributed by atoms with Crippen molar-refractivity contribution in [2.24, 2.45) is 0 Å². The Balaban J connectivity index is 2.27. The van der Waals surface area contributed by atoms with Crippen LogP contribution in [0.2, 0.25) is 0 Å². The number of carbonyl (C=O) groups is 1. The van der Waals surface area contributed by atoms with Crippen LogP contribution in [0, 0.1) is 0 Å². The molecule has 0 radical (unpaired) electrons. The molecule has 0 atom stereocenters. The lowest BCUT2D eigenvalue weighted by molar-refractivity contribution is 0.252. The normalized spacial score (nSPS) is 10.8. The molecule has 0 bridgehead atoms. The summed E-state index contributed by atoms with van der Waals surface area (Å²) in [5, 5.41) is 5.27. The highest BCUT2D eigenvalue weighted by Crippen LogP contribution is 2.29. The third kappa shape index (κ3) is 5.52. The van der Waals surface area contributed by atoms with Gasteiger partial charge in [-0.05, 0) is 48.9 Å². The van der Waals surface area contributed by atoms with Gasteiger partial charge in [0.2, 0.25) is 0 Å². The van der Waals surface area contributed by atoms with E-state index in [2.05, 4.69) is 15.4 Å². The number of methoxy groups -OCH3 is 2. The van der Waals surface area contributed by atoms with Crippen LogP contribution in [0.25, 0.3) is 0 Å². The van der Waals surface area contributed by atoms with Crippen LogP contribution in [0.4, 0.5) is 16.2 Å². The molecule has 0 aliphatic rings. The lowest BCUT2D eigenvalue weighted by Crippen LogP contribution is -2.29. The highest BCUT2D eigenvalue weighted by molar-refractivity contribution is 7.92. The predicted molar refractivity (Wildman–Crippen MR) is 104 cm³/mol. The second-order valence-corrected chi connectivity index (χ2v) is 7.23. The lowest BCUT2D eigenvalue weighted by Gasteiger charge is -2.14. The van der Waals surface area contributed by atoms with Crippen molar-refractivity contribution in [1.82, 2.24) is 5.32 Å². The van der Waals surface area contributed by atoms with E-state index in [-0.39, 0.29) is 10.6 Å². The summed E-state index contributed by atoms with van der Waals surface area (Å²) in [6.07, 6.45) is 0.793. The zero-order valence-electron chi connectivity index (χ0n) is 15.4. The van der Waals surface area contributed by atoms with Crippen LogP contribution >= 0.6 is 0 Å². The van der Waals surface area contributed by atoms with Gasteiger partial charge in [0, 0.05) is 17.9 Å². The number of anilines is 2. The summed E-state index contributed by atoms with van der Waals surface area (Å²) in [4.78, 5) is 11.7. The van der Waals surface area contributed by atoms with Crippen molar-refractivity contribution in [2.45, 2.75) is 18.2 Å². The molecule has 2 aromatic rings. The summed E-state index contributed by atoms with van der Waals surface area (Å²) in [7, 11) is -1.03. The Labute approximate surface area is 158 Å². The third-order valence-electron chi connectivity index (χ3n) is 3.59. The average Bonchev–Trinajstić information content (AvgIpc) is 2.66. The molecule has 0 spiro atoms. The molecule has 2 aromatic carbocycles. The number of nitrogens with one attached hydrogen (secondary N) is 3. The van der Waals surface area contributed by atoms with Crippen LogP contribution in [-0.2, 0) is 10.0 Å². The summed E-state index contributed by atoms with van der Waals surface area (Å²) < 4.78 is 38.3. The zero-order chi connectivity index (χ0) is 19.9. The Hall–Kier alpha value is -2.94. The molecule has 9 heteroatoms. The van der Waals surface area contributed by atoms with Gasteiger partial charge in [-0.1, -0.05) is 6.92 Å². The van der Waals surface area contributed by atoms with Crippen molar-refractivity contribution in [2.75, 3.05) is 30.8 Å². The SMILES string of the molecule is CCCNC(=O)Nc1ccc(OC)c(S(=O)(=O)Nc2ccc(OC)cc2)c1. The summed E-state index contributed by atoms with van der Waals surface area (Å²) >= 11 is 0. The van der Waals surface area contributed by atoms with E-state index in [4.69, 9.17) is 9.47 Å². The number of ether oxygens (including phenoxy) is 2. The van der Waals surface area contributed by atoms with Crippen LogP contribution in [0.1, 0.15) is 13.3 Å². The van der Waals surface area contributed by atoms with Gasteiger partial charge in [-0.15, -0.1) is 0 Å². The van der Waals surface area contributed by atoms with Gasteiger partial charge in [0.25, 0.3) is 10.0 Å². The zero-order valence-corrected chi connectivity index (χ0v) is 16.2. The average molecular weight is 393 g/mol. The number of amides is 2. The first-order chi connectivity index (χ1) is 12.9. The summed E-state index contributed by atoms with van der Waals surface area (Å²) in [6.45, 7) is 2.45. The van der Waals surface area contributed by atoms with Crippen LogP contribution in [-0.4, -0.2) is 35.2 Å². The fourth-order valence-electron chi connectivity index (χ4n) is 2.25. The molecule has 0 aliphatic carbocycles. The van der Waals surface area contributed by atoms with Gasteiger partial charge in [-0.3, -0.25) is 4.72 Å². The minimum atomic E-state index is -3.94. The number of urea groups is 1. The van der Waals surface area contributed by atoms with E-state index in [1.807, 2.05) is 6.92 Å². The fraction of sp³-hybridized carbons (Fsp3) is 0.278. The highest BCUT2D eigenvalue weighted by atomic mass is 32.2. The van der Waals surface area contributed by atoms with Crippen molar-refractivity contribution < 1.29 is 22.7 Å². The van der Waals surface area contributed by atoms with Crippen molar-refractivity contribution in [1.29, 1.82) is 0 Å². The Morgan fingerprint density at radius 2 is 1.67 bits per heavy atom. The van der Waals surface area contributed by atoms with Crippen molar-refractivity contribution in [3.63, 3.8) is 0 Å². The minimum absolute atomic E-state index is 0.0888. The molecule has 0 unspecified atom stereocenters. The monoisotopic (exact) mass is 393 g/mol. The van der Waals surface area contributed by atoms with Crippen LogP contribution < -0.4 is 24.8 Å². The molecular weight excluding hydrogens is 370 g/mol. The molecule has 2 rings (SSSR count). The predicted octanol–water partition coefficient (Wildman–Crippen LogP) is 3.04. The molecule has 0 saturated carbocycles. The molecule has 0 aliphatic heterocycles. The first-order valence-electron chi connectivity index (χ1n) is 8.29. The Kier molecular flexibility index (Phi) is 6.89. The smallest absolute Gasteiger partial charge is 0.319 e. The van der Waals surface area contributed by atoms with Gasteiger partial charge in [-0.2, -0.15) is 0 Å². The van der Waals surface area contributed by atoms with Crippen molar-refractivity contribution in [3.8, 4) is 11.5 Å². The van der Waals surface area contributed by atoms with Crippen molar-refractivity contribution in [3.05, 3.63) is 42.5 Å². The quantitative estimate of drug-likeness (QED) is 0.639. The lowest BCUT2D eigenvalue weighted by atomic mass is 10.3. The fourth-order valence-corrected chi connectivity index (χ4v) is 3.50.